The molecule has 1 N–H and O–H groups in total. The zero-order chi connectivity index (χ0) is 13.0. The average Bonchev–Trinajstić information content (AvgIpc) is 2.79. The summed E-state index contributed by atoms with van der Waals surface area (Å²) < 4.78 is 10.7. The minimum Gasteiger partial charge on any atom is -0.493 e. The quantitative estimate of drug-likeness (QED) is 0.883. The van der Waals surface area contributed by atoms with Crippen molar-refractivity contribution in [1.82, 2.24) is 5.32 Å². The minimum absolute atomic E-state index is 0.0161. The number of benzene rings is 1. The van der Waals surface area contributed by atoms with Crippen molar-refractivity contribution in [2.24, 2.45) is 0 Å². The molecule has 2 rings (SSSR count). The zero-order valence-electron chi connectivity index (χ0n) is 10.7. The van der Waals surface area contributed by atoms with Crippen LogP contribution in [0.1, 0.15) is 18.9 Å². The van der Waals surface area contributed by atoms with Crippen molar-refractivity contribution in [3.63, 3.8) is 0 Å². The number of carbonyl (C=O) groups excluding carboxylic acids is 1. The number of fused-ring (bicyclic) bond motifs is 1. The lowest BCUT2D eigenvalue weighted by Gasteiger charge is -2.02. The number of nitrogens with one attached hydrogen (secondary N) is 1. The largest absolute Gasteiger partial charge is 0.493 e. The topological polar surface area (TPSA) is 51.5 Å². The third-order valence-electron chi connectivity index (χ3n) is 2.79. The van der Waals surface area contributed by atoms with Crippen LogP contribution < -0.4 is 10.1 Å². The number of hydrogen-bond acceptors (Lipinski definition) is 3. The number of rotatable bonds is 5. The summed E-state index contributed by atoms with van der Waals surface area (Å²) in [5.41, 5.74) is 1.58. The molecule has 0 aliphatic heterocycles. The first-order valence-corrected chi connectivity index (χ1v) is 6.06. The smallest absolute Gasteiger partial charge is 0.224 e. The van der Waals surface area contributed by atoms with E-state index in [0.717, 1.165) is 17.4 Å². The first kappa shape index (κ1) is 12.5. The van der Waals surface area contributed by atoms with Gasteiger partial charge >= 0.3 is 0 Å². The molecule has 18 heavy (non-hydrogen) atoms. The maximum absolute atomic E-state index is 11.7. The zero-order valence-corrected chi connectivity index (χ0v) is 10.7. The maximum Gasteiger partial charge on any atom is 0.224 e. The van der Waals surface area contributed by atoms with Gasteiger partial charge < -0.3 is 14.5 Å². The Morgan fingerprint density at radius 2 is 2.28 bits per heavy atom. The van der Waals surface area contributed by atoms with Crippen LogP contribution in [0, 0.1) is 0 Å². The van der Waals surface area contributed by atoms with E-state index < -0.39 is 0 Å². The Hall–Kier alpha value is -1.97. The summed E-state index contributed by atoms with van der Waals surface area (Å²) in [6.07, 6.45) is 2.89. The van der Waals surface area contributed by atoms with Crippen molar-refractivity contribution in [1.29, 1.82) is 0 Å². The van der Waals surface area contributed by atoms with Crippen molar-refractivity contribution in [2.45, 2.75) is 19.8 Å². The predicted octanol–water partition coefficient (Wildman–Crippen LogP) is 2.51. The summed E-state index contributed by atoms with van der Waals surface area (Å²) in [5.74, 6) is 0.704. The van der Waals surface area contributed by atoms with E-state index in [9.17, 15) is 4.79 Å². The van der Waals surface area contributed by atoms with E-state index in [1.165, 1.54) is 0 Å². The molecule has 0 atom stereocenters. The lowest BCUT2D eigenvalue weighted by molar-refractivity contribution is -0.120. The van der Waals surface area contributed by atoms with Gasteiger partial charge in [-0.3, -0.25) is 4.79 Å². The normalized spacial score (nSPS) is 10.6. The van der Waals surface area contributed by atoms with Gasteiger partial charge in [0.2, 0.25) is 5.91 Å². The maximum atomic E-state index is 11.7. The molecule has 0 radical (unpaired) electrons. The highest BCUT2D eigenvalue weighted by Crippen LogP contribution is 2.29. The Kier molecular flexibility index (Phi) is 3.87. The summed E-state index contributed by atoms with van der Waals surface area (Å²) in [4.78, 5) is 11.7. The van der Waals surface area contributed by atoms with Crippen LogP contribution in [0.3, 0.4) is 0 Å². The lowest BCUT2D eigenvalue weighted by atomic mass is 10.1. The Labute approximate surface area is 106 Å². The lowest BCUT2D eigenvalue weighted by Crippen LogP contribution is -2.25. The molecule has 4 heteroatoms. The molecule has 1 amide bonds. The van der Waals surface area contributed by atoms with Gasteiger partial charge in [0, 0.05) is 17.5 Å². The van der Waals surface area contributed by atoms with Crippen LogP contribution in [0.2, 0.25) is 0 Å². The molecule has 0 fully saturated rings. The fraction of sp³-hybridized carbons (Fsp3) is 0.357. The molecule has 2 aromatic rings. The highest BCUT2D eigenvalue weighted by Gasteiger charge is 2.12. The molecule has 96 valence electrons. The molecule has 4 nitrogen and oxygen atoms in total. The third kappa shape index (κ3) is 2.47. The van der Waals surface area contributed by atoms with Crippen LogP contribution in [-0.2, 0) is 11.2 Å². The van der Waals surface area contributed by atoms with Crippen molar-refractivity contribution < 1.29 is 13.9 Å². The molecule has 0 spiro atoms. The van der Waals surface area contributed by atoms with E-state index in [0.29, 0.717) is 24.3 Å². The van der Waals surface area contributed by atoms with Crippen molar-refractivity contribution in [3.8, 4) is 5.75 Å². The number of furan rings is 1. The van der Waals surface area contributed by atoms with Crippen LogP contribution in [-0.4, -0.2) is 19.6 Å². The van der Waals surface area contributed by atoms with Gasteiger partial charge in [0.05, 0.1) is 19.8 Å². The van der Waals surface area contributed by atoms with Gasteiger partial charge in [-0.25, -0.2) is 0 Å². The molecule has 1 aromatic heterocycles. The summed E-state index contributed by atoms with van der Waals surface area (Å²) >= 11 is 0. The van der Waals surface area contributed by atoms with E-state index in [4.69, 9.17) is 9.15 Å². The number of carbonyl (C=O) groups is 1. The Morgan fingerprint density at radius 3 is 3.00 bits per heavy atom. The van der Waals surface area contributed by atoms with Crippen LogP contribution >= 0.6 is 0 Å². The molecule has 0 unspecified atom stereocenters. The highest BCUT2D eigenvalue weighted by atomic mass is 16.5. The molecule has 0 saturated carbocycles. The van der Waals surface area contributed by atoms with Gasteiger partial charge in [-0.15, -0.1) is 0 Å². The minimum atomic E-state index is 0.0161. The average molecular weight is 247 g/mol. The number of para-hydroxylation sites is 1. The van der Waals surface area contributed by atoms with Gasteiger partial charge in [0.25, 0.3) is 0 Å². The second-order valence-corrected chi connectivity index (χ2v) is 4.12. The molecular weight excluding hydrogens is 230 g/mol. The molecule has 1 aromatic carbocycles. The standard InChI is InChI=1S/C14H17NO3/c1-3-7-15-13(16)8-10-9-18-14-11(10)5-4-6-12(14)17-2/h4-6,9H,3,7-8H2,1-2H3,(H,15,16). The van der Waals surface area contributed by atoms with Crippen molar-refractivity contribution in [3.05, 3.63) is 30.0 Å². The Morgan fingerprint density at radius 1 is 1.44 bits per heavy atom. The number of hydrogen-bond donors (Lipinski definition) is 1. The second kappa shape index (κ2) is 5.58. The summed E-state index contributed by atoms with van der Waals surface area (Å²) in [5, 5.41) is 3.78. The molecule has 0 aliphatic carbocycles. The van der Waals surface area contributed by atoms with E-state index in [1.807, 2.05) is 25.1 Å². The fourth-order valence-electron chi connectivity index (χ4n) is 1.88. The Balaban J connectivity index is 2.22. The fourth-order valence-corrected chi connectivity index (χ4v) is 1.88. The molecule has 0 saturated heterocycles. The van der Waals surface area contributed by atoms with Gasteiger partial charge in [-0.2, -0.15) is 0 Å². The van der Waals surface area contributed by atoms with Gasteiger partial charge in [-0.05, 0) is 12.5 Å². The second-order valence-electron chi connectivity index (χ2n) is 4.12. The van der Waals surface area contributed by atoms with Crippen molar-refractivity contribution in [2.75, 3.05) is 13.7 Å². The van der Waals surface area contributed by atoms with Crippen LogP contribution in [0.25, 0.3) is 11.0 Å². The number of ether oxygens (including phenoxy) is 1. The molecule has 0 aliphatic rings. The SMILES string of the molecule is CCCNC(=O)Cc1coc2c(OC)cccc12. The summed E-state index contributed by atoms with van der Waals surface area (Å²) in [7, 11) is 1.60. The number of methoxy groups -OCH3 is 1. The van der Waals surface area contributed by atoms with E-state index in [-0.39, 0.29) is 5.91 Å². The summed E-state index contributed by atoms with van der Waals surface area (Å²) in [6.45, 7) is 2.73. The number of amides is 1. The first-order valence-electron chi connectivity index (χ1n) is 6.06. The van der Waals surface area contributed by atoms with Gasteiger partial charge in [0.15, 0.2) is 11.3 Å². The third-order valence-corrected chi connectivity index (χ3v) is 2.79. The van der Waals surface area contributed by atoms with E-state index >= 15 is 0 Å². The monoisotopic (exact) mass is 247 g/mol. The molecule has 1 heterocycles. The predicted molar refractivity (Wildman–Crippen MR) is 69.8 cm³/mol. The first-order chi connectivity index (χ1) is 8.76. The van der Waals surface area contributed by atoms with Crippen LogP contribution in [0.4, 0.5) is 0 Å². The Bertz CT molecular complexity index is 545. The molecular formula is C14H17NO3. The van der Waals surface area contributed by atoms with Crippen LogP contribution in [0.15, 0.2) is 28.9 Å². The molecule has 0 bridgehead atoms. The van der Waals surface area contributed by atoms with Gasteiger partial charge in [0.1, 0.15) is 0 Å². The van der Waals surface area contributed by atoms with Crippen LogP contribution in [0.5, 0.6) is 5.75 Å². The van der Waals surface area contributed by atoms with Crippen molar-refractivity contribution >= 4 is 16.9 Å². The summed E-state index contributed by atoms with van der Waals surface area (Å²) in [6, 6.07) is 5.67. The van der Waals surface area contributed by atoms with E-state index in [2.05, 4.69) is 5.32 Å². The van der Waals surface area contributed by atoms with Gasteiger partial charge in [-0.1, -0.05) is 19.1 Å². The van der Waals surface area contributed by atoms with E-state index in [1.54, 1.807) is 13.4 Å². The highest BCUT2D eigenvalue weighted by molar-refractivity contribution is 5.90.